The number of aromatic nitrogens is 6. The molecule has 25 nitrogen and oxygen atoms in total. The van der Waals surface area contributed by atoms with Crippen LogP contribution in [0.25, 0.3) is 66.7 Å². The van der Waals surface area contributed by atoms with Crippen molar-refractivity contribution in [1.29, 1.82) is 0 Å². The summed E-state index contributed by atoms with van der Waals surface area (Å²) in [5.74, 6) is -2.48. The van der Waals surface area contributed by atoms with Crippen molar-refractivity contribution in [2.24, 2.45) is 0 Å². The van der Waals surface area contributed by atoms with Crippen LogP contribution in [-0.2, 0) is 68.2 Å². The van der Waals surface area contributed by atoms with E-state index in [0.717, 1.165) is 73.3 Å². The summed E-state index contributed by atoms with van der Waals surface area (Å²) >= 11 is 4.24. The van der Waals surface area contributed by atoms with Crippen molar-refractivity contribution in [3.05, 3.63) is 138 Å². The molecule has 2 unspecified atom stereocenters. The Labute approximate surface area is 580 Å². The van der Waals surface area contributed by atoms with Gasteiger partial charge in [0.25, 0.3) is 5.56 Å². The number of halogens is 8. The third-order valence-corrected chi connectivity index (χ3v) is 17.4. The molecule has 3 aromatic carbocycles. The van der Waals surface area contributed by atoms with E-state index in [1.54, 1.807) is 36.4 Å². The number of benzene rings is 3. The number of hydrogen-bond acceptors (Lipinski definition) is 22. The third kappa shape index (κ3) is 22.8. The summed E-state index contributed by atoms with van der Waals surface area (Å²) in [6.45, 7) is -0.222. The monoisotopic (exact) mass is 1660 g/mol. The Morgan fingerprint density at radius 3 is 1.35 bits per heavy atom. The highest BCUT2D eigenvalue weighted by Gasteiger charge is 2.44. The number of ether oxygens (including phenoxy) is 4. The number of amides is 2. The maximum atomic E-state index is 13.0. The second-order valence-electron chi connectivity index (χ2n) is 22.4. The molecular weight excluding hydrogens is 1590 g/mol. The van der Waals surface area contributed by atoms with Crippen LogP contribution < -0.4 is 20.3 Å². The van der Waals surface area contributed by atoms with Gasteiger partial charge < -0.3 is 52.3 Å². The molecule has 6 aromatic heterocycles. The topological polar surface area (TPSA) is 329 Å². The quantitative estimate of drug-likeness (QED) is 0.0362. The molecule has 2 atom stereocenters. The molecule has 2 amide bonds. The minimum atomic E-state index is -5.15. The van der Waals surface area contributed by atoms with Crippen LogP contribution in [0.1, 0.15) is 55.8 Å². The van der Waals surface area contributed by atoms with Crippen molar-refractivity contribution in [3.8, 4) is 45.7 Å². The van der Waals surface area contributed by atoms with Gasteiger partial charge in [-0.15, -0.1) is 0 Å². The first kappa shape index (κ1) is 76.4. The number of hydrogen-bond donors (Lipinski definition) is 2. The van der Waals surface area contributed by atoms with Gasteiger partial charge >= 0.3 is 24.2 Å². The number of furan rings is 3. The van der Waals surface area contributed by atoms with Gasteiger partial charge in [0.2, 0.25) is 24.3 Å². The minimum Gasteiger partial charge on any atom is -0.460 e. The Bertz CT molecular complexity index is 4620. The van der Waals surface area contributed by atoms with Gasteiger partial charge in [0, 0.05) is 105 Å². The number of fused-ring (bicyclic) bond motifs is 3. The van der Waals surface area contributed by atoms with Crippen LogP contribution in [0.4, 0.5) is 26.3 Å². The minimum absolute atomic E-state index is 0.0243. The van der Waals surface area contributed by atoms with Crippen LogP contribution in [0.2, 0.25) is 0 Å². The number of rotatable bonds is 22. The standard InChI is InChI=1S/C23H24F3N3O6S.C21H25N3O5S.C18H16F3N3O5S.I2/c1-36(31,32)11-9-29(22(30)23(24,25)26)13-16-6-8-19(34-16)15-5-7-18-17(12-15)21(28-14-27-18)35-20-4-2-3-10-33-20;1-30(25,26)11-9-22-13-16-6-8-19(28-16)15-5-7-18-17(12-15)21(24-14-23-18)29-20-4-2-3-10-27-20;1-30(27,28)7-6-24(17(26)18(19,20)21)9-12-3-5-15(29-12)11-2-4-14-13(8-11)16(25)23-10-22-14;1-2/h5-8,12,14,20H,2-4,9-11,13H2,1H3;5-8,12,14,20,22H,2-4,9-11,13H2,1H3;2-5,8,10H,6-7,9H2,1H3,(H,22,23,25);. The fourth-order valence-corrected chi connectivity index (χ4v) is 11.4. The molecule has 8 heterocycles. The maximum absolute atomic E-state index is 13.0. The number of H-pyrrole nitrogens is 1. The normalized spacial score (nSPS) is 15.3. The second kappa shape index (κ2) is 34.1. The molecule has 98 heavy (non-hydrogen) atoms. The molecular formula is C62H65F6I2N9O16S3. The predicted octanol–water partition coefficient (Wildman–Crippen LogP) is 10.6. The Balaban J connectivity index is 0.000000186. The summed E-state index contributed by atoms with van der Waals surface area (Å²) in [6.07, 6.45) is 1.77. The smallest absolute Gasteiger partial charge is 0.460 e. The molecule has 0 spiro atoms. The van der Waals surface area contributed by atoms with Crippen molar-refractivity contribution < 1.29 is 93.4 Å². The first-order chi connectivity index (χ1) is 46.4. The summed E-state index contributed by atoms with van der Waals surface area (Å²) in [5, 5.41) is 4.78. The van der Waals surface area contributed by atoms with Gasteiger partial charge in [0.15, 0.2) is 0 Å². The van der Waals surface area contributed by atoms with E-state index in [-0.39, 0.29) is 34.9 Å². The van der Waals surface area contributed by atoms with E-state index in [2.05, 4.69) is 72.5 Å². The predicted molar refractivity (Wildman–Crippen MR) is 365 cm³/mol. The molecule has 0 radical (unpaired) electrons. The van der Waals surface area contributed by atoms with Crippen LogP contribution in [0.3, 0.4) is 0 Å². The number of aromatic amines is 1. The highest BCUT2D eigenvalue weighted by atomic mass is 128. The third-order valence-electron chi connectivity index (χ3n) is 14.6. The molecule has 528 valence electrons. The lowest BCUT2D eigenvalue weighted by molar-refractivity contribution is -0.186. The molecule has 0 bridgehead atoms. The number of sulfone groups is 3. The van der Waals surface area contributed by atoms with Gasteiger partial charge in [-0.1, -0.05) is 0 Å². The van der Waals surface area contributed by atoms with E-state index in [0.29, 0.717) is 92.3 Å². The summed E-state index contributed by atoms with van der Waals surface area (Å²) in [5.41, 5.74) is 3.45. The summed E-state index contributed by atoms with van der Waals surface area (Å²) in [6, 6.07) is 25.3. The molecule has 0 saturated carbocycles. The van der Waals surface area contributed by atoms with E-state index in [1.165, 1.54) is 49.5 Å². The zero-order valence-electron chi connectivity index (χ0n) is 52.5. The Hall–Kier alpha value is -7.37. The first-order valence-corrected chi connectivity index (χ1v) is 42.3. The van der Waals surface area contributed by atoms with Gasteiger partial charge in [-0.2, -0.15) is 26.3 Å². The van der Waals surface area contributed by atoms with Crippen molar-refractivity contribution >= 4 is 111 Å². The largest absolute Gasteiger partial charge is 0.471 e. The molecule has 2 N–H and O–H groups in total. The summed E-state index contributed by atoms with van der Waals surface area (Å²) < 4.78 is 186. The summed E-state index contributed by atoms with van der Waals surface area (Å²) in [7, 11) is -10.1. The molecule has 2 fully saturated rings. The highest BCUT2D eigenvalue weighted by molar-refractivity contribution is 15.0. The average molecular weight is 1660 g/mol. The highest BCUT2D eigenvalue weighted by Crippen LogP contribution is 2.34. The lowest BCUT2D eigenvalue weighted by Gasteiger charge is -2.23. The Morgan fingerprint density at radius 1 is 0.551 bits per heavy atom. The van der Waals surface area contributed by atoms with Gasteiger partial charge in [-0.25, -0.2) is 50.2 Å². The maximum Gasteiger partial charge on any atom is 0.471 e. The summed E-state index contributed by atoms with van der Waals surface area (Å²) in [4.78, 5) is 59.7. The molecule has 9 aromatic rings. The van der Waals surface area contributed by atoms with Crippen LogP contribution >= 0.6 is 37.2 Å². The lowest BCUT2D eigenvalue weighted by atomic mass is 10.1. The average Bonchev–Trinajstić information content (AvgIpc) is 1.26. The van der Waals surface area contributed by atoms with Gasteiger partial charge in [-0.05, 0) is 117 Å². The number of carbonyl (C=O) groups excluding carboxylic acids is 2. The van der Waals surface area contributed by atoms with Crippen LogP contribution in [-0.4, -0.2) is 171 Å². The molecule has 2 saturated heterocycles. The van der Waals surface area contributed by atoms with E-state index in [9.17, 15) is 66.0 Å². The van der Waals surface area contributed by atoms with E-state index in [4.69, 9.17) is 32.2 Å². The molecule has 2 aliphatic heterocycles. The van der Waals surface area contributed by atoms with Gasteiger partial charge in [0.1, 0.15) is 76.7 Å². The lowest BCUT2D eigenvalue weighted by Crippen LogP contribution is -2.42. The van der Waals surface area contributed by atoms with Crippen molar-refractivity contribution in [2.45, 2.75) is 83.1 Å². The van der Waals surface area contributed by atoms with E-state index < -0.39 is 97.7 Å². The number of carbonyl (C=O) groups is 2. The van der Waals surface area contributed by atoms with Crippen molar-refractivity contribution in [2.75, 3.05) is 68.9 Å². The number of alkyl halides is 6. The van der Waals surface area contributed by atoms with Gasteiger partial charge in [-0.3, -0.25) is 14.4 Å². The van der Waals surface area contributed by atoms with E-state index >= 15 is 0 Å². The zero-order valence-corrected chi connectivity index (χ0v) is 59.2. The number of nitrogens with zero attached hydrogens (tertiary/aromatic N) is 7. The zero-order chi connectivity index (χ0) is 71.0. The SMILES string of the molecule is CS(=O)(=O)CCN(Cc1ccc(-c2ccc3nc[nH]c(=O)c3c2)o1)C(=O)C(F)(F)F.CS(=O)(=O)CCN(Cc1ccc(-c2ccc3ncnc(OC4CCCCO4)c3c2)o1)C(=O)C(F)(F)F.CS(=O)(=O)CCNCc1ccc(-c2ccc3ncnc(OC4CCCCO4)c3c2)o1.II. The second-order valence-corrected chi connectivity index (χ2v) is 29.2. The molecule has 11 rings (SSSR count). The molecule has 0 aliphatic carbocycles. The van der Waals surface area contributed by atoms with Crippen molar-refractivity contribution in [1.82, 2.24) is 45.0 Å². The van der Waals surface area contributed by atoms with Crippen molar-refractivity contribution in [3.63, 3.8) is 0 Å². The molecule has 36 heteroatoms. The van der Waals surface area contributed by atoms with Crippen LogP contribution in [0, 0.1) is 0 Å². The molecule has 2 aliphatic rings. The van der Waals surface area contributed by atoms with Crippen LogP contribution in [0.15, 0.2) is 128 Å². The van der Waals surface area contributed by atoms with E-state index in [1.807, 2.05) is 30.3 Å². The van der Waals surface area contributed by atoms with Crippen LogP contribution in [0.5, 0.6) is 11.8 Å². The Kier molecular flexibility index (Phi) is 26.6. The van der Waals surface area contributed by atoms with Gasteiger partial charge in [0.05, 0.1) is 89.1 Å². The first-order valence-electron chi connectivity index (χ1n) is 29.8. The number of nitrogens with one attached hydrogen (secondary N) is 2. The Morgan fingerprint density at radius 2 is 0.949 bits per heavy atom. The fraction of sp³-hybridized carbons (Fsp3) is 0.387. The fourth-order valence-electron chi connectivity index (χ4n) is 9.76.